The van der Waals surface area contributed by atoms with Crippen LogP contribution in [0, 0.1) is 11.8 Å². The molecule has 3 heteroatoms. The van der Waals surface area contributed by atoms with Gasteiger partial charge in [0.2, 0.25) is 0 Å². The van der Waals surface area contributed by atoms with Crippen molar-refractivity contribution in [3.8, 4) is 0 Å². The number of fused-ring (bicyclic) bond motifs is 1. The lowest BCUT2D eigenvalue weighted by Gasteiger charge is -2.13. The largest absolute Gasteiger partial charge is 0.328 e. The van der Waals surface area contributed by atoms with Crippen molar-refractivity contribution in [2.75, 3.05) is 0 Å². The van der Waals surface area contributed by atoms with Gasteiger partial charge in [-0.05, 0) is 19.3 Å². The first-order chi connectivity index (χ1) is 4.62. The van der Waals surface area contributed by atoms with Crippen molar-refractivity contribution in [3.63, 3.8) is 0 Å². The van der Waals surface area contributed by atoms with Crippen molar-refractivity contribution >= 4 is 0 Å². The molecule has 0 radical (unpaired) electrons. The Kier molecular flexibility index (Phi) is 1.11. The Balaban J connectivity index is 2.04. The molecular weight excluding hydrogens is 136 g/mol. The summed E-state index contributed by atoms with van der Waals surface area (Å²) in [5.74, 6) is -3.03. The van der Waals surface area contributed by atoms with E-state index in [4.69, 9.17) is 5.73 Å². The molecule has 0 spiro atoms. The van der Waals surface area contributed by atoms with Crippen LogP contribution in [0.2, 0.25) is 0 Å². The van der Waals surface area contributed by atoms with Crippen molar-refractivity contribution in [1.29, 1.82) is 0 Å². The minimum absolute atomic E-state index is 0.0367. The number of nitrogens with two attached hydrogens (primary N) is 1. The van der Waals surface area contributed by atoms with Gasteiger partial charge < -0.3 is 5.73 Å². The number of rotatable bonds is 0. The van der Waals surface area contributed by atoms with E-state index in [0.717, 1.165) is 6.42 Å². The lowest BCUT2D eigenvalue weighted by molar-refractivity contribution is 0.0848. The van der Waals surface area contributed by atoms with Crippen LogP contribution in [-0.4, -0.2) is 12.0 Å². The highest BCUT2D eigenvalue weighted by Gasteiger charge is 2.68. The van der Waals surface area contributed by atoms with Crippen molar-refractivity contribution in [1.82, 2.24) is 0 Å². The summed E-state index contributed by atoms with van der Waals surface area (Å²) in [6.45, 7) is 0. The minimum atomic E-state index is -2.35. The summed E-state index contributed by atoms with van der Waals surface area (Å²) >= 11 is 0. The number of alkyl halides is 2. The van der Waals surface area contributed by atoms with Crippen molar-refractivity contribution < 1.29 is 8.78 Å². The normalized spacial score (nSPS) is 50.1. The highest BCUT2D eigenvalue weighted by molar-refractivity contribution is 5.08. The van der Waals surface area contributed by atoms with E-state index in [2.05, 4.69) is 0 Å². The van der Waals surface area contributed by atoms with E-state index >= 15 is 0 Å². The molecule has 0 bridgehead atoms. The molecule has 2 fully saturated rings. The van der Waals surface area contributed by atoms with E-state index in [-0.39, 0.29) is 17.9 Å². The number of hydrogen-bond acceptors (Lipinski definition) is 1. The van der Waals surface area contributed by atoms with Crippen LogP contribution in [0.15, 0.2) is 0 Å². The highest BCUT2D eigenvalue weighted by atomic mass is 19.3. The fraction of sp³-hybridized carbons (Fsp3) is 1.00. The van der Waals surface area contributed by atoms with E-state index in [1.54, 1.807) is 0 Å². The number of hydrogen-bond donors (Lipinski definition) is 1. The van der Waals surface area contributed by atoms with Gasteiger partial charge in [0.15, 0.2) is 0 Å². The Labute approximate surface area is 58.6 Å². The lowest BCUT2D eigenvalue weighted by atomic mass is 9.97. The van der Waals surface area contributed by atoms with Crippen LogP contribution < -0.4 is 5.73 Å². The Morgan fingerprint density at radius 3 is 2.40 bits per heavy atom. The zero-order valence-electron chi connectivity index (χ0n) is 5.69. The summed E-state index contributed by atoms with van der Waals surface area (Å²) in [6.07, 6.45) is 1.97. The van der Waals surface area contributed by atoms with Crippen LogP contribution >= 0.6 is 0 Å². The molecule has 0 heterocycles. The van der Waals surface area contributed by atoms with Gasteiger partial charge in [0.05, 0.1) is 0 Å². The van der Waals surface area contributed by atoms with Gasteiger partial charge in [0.25, 0.3) is 5.92 Å². The molecule has 10 heavy (non-hydrogen) atoms. The molecule has 0 aromatic carbocycles. The zero-order valence-corrected chi connectivity index (χ0v) is 5.69. The summed E-state index contributed by atoms with van der Waals surface area (Å²) in [5, 5.41) is 0. The summed E-state index contributed by atoms with van der Waals surface area (Å²) in [6, 6.07) is 0.0367. The first-order valence-corrected chi connectivity index (χ1v) is 3.75. The Bertz CT molecular complexity index is 158. The van der Waals surface area contributed by atoms with Gasteiger partial charge in [0.1, 0.15) is 0 Å². The second-order valence-electron chi connectivity index (χ2n) is 3.46. The second kappa shape index (κ2) is 1.70. The average Bonchev–Trinajstić information content (AvgIpc) is 2.36. The van der Waals surface area contributed by atoms with E-state index in [0.29, 0.717) is 12.8 Å². The zero-order chi connectivity index (χ0) is 7.35. The molecule has 3 unspecified atom stereocenters. The van der Waals surface area contributed by atoms with Crippen LogP contribution in [0.25, 0.3) is 0 Å². The fourth-order valence-electron chi connectivity index (χ4n) is 2.01. The molecule has 2 aliphatic rings. The maximum atomic E-state index is 12.6. The monoisotopic (exact) mass is 147 g/mol. The molecule has 1 nitrogen and oxygen atoms in total. The Morgan fingerprint density at radius 2 is 1.90 bits per heavy atom. The highest BCUT2D eigenvalue weighted by Crippen LogP contribution is 2.61. The third-order valence-corrected chi connectivity index (χ3v) is 2.77. The predicted molar refractivity (Wildman–Crippen MR) is 33.8 cm³/mol. The van der Waals surface area contributed by atoms with Crippen molar-refractivity contribution in [2.24, 2.45) is 17.6 Å². The minimum Gasteiger partial charge on any atom is -0.328 e. The van der Waals surface area contributed by atoms with Crippen LogP contribution in [0.4, 0.5) is 8.78 Å². The van der Waals surface area contributed by atoms with Crippen LogP contribution in [-0.2, 0) is 0 Å². The van der Waals surface area contributed by atoms with E-state index in [1.807, 2.05) is 0 Å². The second-order valence-corrected chi connectivity index (χ2v) is 3.46. The quantitative estimate of drug-likeness (QED) is 0.550. The van der Waals surface area contributed by atoms with Gasteiger partial charge in [0, 0.05) is 17.9 Å². The van der Waals surface area contributed by atoms with Crippen LogP contribution in [0.5, 0.6) is 0 Å². The first kappa shape index (κ1) is 6.53. The summed E-state index contributed by atoms with van der Waals surface area (Å²) in [7, 11) is 0. The average molecular weight is 147 g/mol. The topological polar surface area (TPSA) is 26.0 Å². The van der Waals surface area contributed by atoms with E-state index in [1.165, 1.54) is 0 Å². The van der Waals surface area contributed by atoms with Gasteiger partial charge in [-0.2, -0.15) is 0 Å². The van der Waals surface area contributed by atoms with E-state index in [9.17, 15) is 8.78 Å². The molecule has 2 N–H and O–H groups in total. The van der Waals surface area contributed by atoms with Crippen molar-refractivity contribution in [2.45, 2.75) is 31.2 Å². The Morgan fingerprint density at radius 1 is 1.20 bits per heavy atom. The lowest BCUT2D eigenvalue weighted by Crippen LogP contribution is -2.23. The first-order valence-electron chi connectivity index (χ1n) is 3.75. The summed E-state index contributed by atoms with van der Waals surface area (Å²) in [5.41, 5.74) is 5.54. The molecule has 2 aliphatic carbocycles. The van der Waals surface area contributed by atoms with Gasteiger partial charge in [-0.1, -0.05) is 0 Å². The molecule has 2 saturated carbocycles. The molecule has 2 rings (SSSR count). The molecular formula is C7H11F2N. The predicted octanol–water partition coefficient (Wildman–Crippen LogP) is 1.38. The SMILES string of the molecule is NC1CCC2C(C1)C2(F)F. The molecule has 0 amide bonds. The molecule has 0 aliphatic heterocycles. The maximum absolute atomic E-state index is 12.6. The molecule has 0 aromatic heterocycles. The van der Waals surface area contributed by atoms with Gasteiger partial charge in [-0.15, -0.1) is 0 Å². The smallest absolute Gasteiger partial charge is 0.254 e. The van der Waals surface area contributed by atoms with Crippen molar-refractivity contribution in [3.05, 3.63) is 0 Å². The third-order valence-electron chi connectivity index (χ3n) is 2.77. The maximum Gasteiger partial charge on any atom is 0.254 e. The molecule has 58 valence electrons. The standard InChI is InChI=1S/C7H11F2N/c8-7(9)5-2-1-4(10)3-6(5)7/h4-6H,1-3,10H2. The van der Waals surface area contributed by atoms with Crippen LogP contribution in [0.3, 0.4) is 0 Å². The van der Waals surface area contributed by atoms with Crippen LogP contribution in [0.1, 0.15) is 19.3 Å². The van der Waals surface area contributed by atoms with Gasteiger partial charge >= 0.3 is 0 Å². The fourth-order valence-corrected chi connectivity index (χ4v) is 2.01. The molecule has 0 saturated heterocycles. The van der Waals surface area contributed by atoms with E-state index < -0.39 is 5.92 Å². The molecule has 3 atom stereocenters. The van der Waals surface area contributed by atoms with Gasteiger partial charge in [-0.3, -0.25) is 0 Å². The third kappa shape index (κ3) is 0.698. The Hall–Kier alpha value is -0.180. The molecule has 0 aromatic rings. The summed E-state index contributed by atoms with van der Waals surface area (Å²) < 4.78 is 25.2. The van der Waals surface area contributed by atoms with Gasteiger partial charge in [-0.25, -0.2) is 8.78 Å². The summed E-state index contributed by atoms with van der Waals surface area (Å²) in [4.78, 5) is 0. The number of halogens is 2.